The van der Waals surface area contributed by atoms with E-state index in [2.05, 4.69) is 13.2 Å². The number of hydrogen-bond acceptors (Lipinski definition) is 2. The summed E-state index contributed by atoms with van der Waals surface area (Å²) in [5.74, 6) is 1.42. The minimum atomic E-state index is 0.434. The van der Waals surface area contributed by atoms with Crippen LogP contribution in [0.2, 0.25) is 10.0 Å². The smallest absolute Gasteiger partial charge is 0.141 e. The van der Waals surface area contributed by atoms with Crippen LogP contribution in [0, 0.1) is 0 Å². The lowest BCUT2D eigenvalue weighted by molar-refractivity contribution is 0.300. The highest BCUT2D eigenvalue weighted by molar-refractivity contribution is 6.32. The second-order valence-electron chi connectivity index (χ2n) is 6.84. The van der Waals surface area contributed by atoms with Gasteiger partial charge >= 0.3 is 0 Å². The van der Waals surface area contributed by atoms with Gasteiger partial charge in [0.1, 0.15) is 24.7 Å². The predicted octanol–water partition coefficient (Wildman–Crippen LogP) is 7.61. The second-order valence-corrected chi connectivity index (χ2v) is 7.65. The Bertz CT molecular complexity index is 928. The van der Waals surface area contributed by atoms with Crippen molar-refractivity contribution in [2.45, 2.75) is 26.1 Å². The van der Waals surface area contributed by atoms with E-state index in [-0.39, 0.29) is 0 Å². The first kappa shape index (κ1) is 22.0. The van der Waals surface area contributed by atoms with Crippen molar-refractivity contribution in [1.29, 1.82) is 0 Å². The fraction of sp³-hybridized carbons (Fsp3) is 0.154. The Labute approximate surface area is 188 Å². The van der Waals surface area contributed by atoms with Crippen molar-refractivity contribution in [3.05, 3.63) is 118 Å². The van der Waals surface area contributed by atoms with E-state index in [4.69, 9.17) is 32.7 Å². The zero-order valence-electron chi connectivity index (χ0n) is 16.7. The van der Waals surface area contributed by atoms with Crippen LogP contribution >= 0.6 is 23.2 Å². The zero-order chi connectivity index (χ0) is 21.3. The summed E-state index contributed by atoms with van der Waals surface area (Å²) in [7, 11) is 0. The van der Waals surface area contributed by atoms with Crippen LogP contribution < -0.4 is 9.47 Å². The summed E-state index contributed by atoms with van der Waals surface area (Å²) in [6.07, 6.45) is 5.10. The summed E-state index contributed by atoms with van der Waals surface area (Å²) >= 11 is 12.6. The molecule has 154 valence electrons. The molecule has 30 heavy (non-hydrogen) atoms. The molecule has 3 rings (SSSR count). The third kappa shape index (κ3) is 5.69. The van der Waals surface area contributed by atoms with Crippen LogP contribution in [0.4, 0.5) is 0 Å². The van der Waals surface area contributed by atoms with E-state index in [9.17, 15) is 0 Å². The van der Waals surface area contributed by atoms with Crippen molar-refractivity contribution in [3.63, 3.8) is 0 Å². The highest BCUT2D eigenvalue weighted by Crippen LogP contribution is 2.31. The number of halogens is 2. The number of rotatable bonds is 10. The van der Waals surface area contributed by atoms with Crippen LogP contribution in [-0.2, 0) is 26.1 Å². The molecule has 4 heteroatoms. The van der Waals surface area contributed by atoms with Crippen molar-refractivity contribution in [2.75, 3.05) is 0 Å². The molecule has 3 aromatic rings. The molecule has 2 nitrogen and oxygen atoms in total. The Morgan fingerprint density at radius 2 is 1.03 bits per heavy atom. The molecule has 0 saturated carbocycles. The maximum absolute atomic E-state index is 6.31. The SMILES string of the molecule is C=CCc1cccc(Cl)c1OCc1ccc(COc2c(Cl)cccc2CC=C)cc1. The maximum atomic E-state index is 6.31. The second kappa shape index (κ2) is 10.9. The molecule has 0 aromatic heterocycles. The molecule has 0 heterocycles. The summed E-state index contributed by atoms with van der Waals surface area (Å²) in [4.78, 5) is 0. The highest BCUT2D eigenvalue weighted by Gasteiger charge is 2.09. The fourth-order valence-corrected chi connectivity index (χ4v) is 3.60. The average Bonchev–Trinajstić information content (AvgIpc) is 2.74. The molecular weight excluding hydrogens is 415 g/mol. The summed E-state index contributed by atoms with van der Waals surface area (Å²) in [5.41, 5.74) is 4.15. The molecule has 0 bridgehead atoms. The van der Waals surface area contributed by atoms with Crippen molar-refractivity contribution in [2.24, 2.45) is 0 Å². The molecule has 3 aromatic carbocycles. The van der Waals surface area contributed by atoms with E-state index in [1.807, 2.05) is 72.8 Å². The zero-order valence-corrected chi connectivity index (χ0v) is 18.3. The first-order valence-corrected chi connectivity index (χ1v) is 10.5. The molecule has 0 radical (unpaired) electrons. The topological polar surface area (TPSA) is 18.5 Å². The molecule has 0 aliphatic carbocycles. The van der Waals surface area contributed by atoms with Crippen LogP contribution in [0.25, 0.3) is 0 Å². The number of benzene rings is 3. The van der Waals surface area contributed by atoms with Gasteiger partial charge in [-0.3, -0.25) is 0 Å². The molecule has 0 atom stereocenters. The monoisotopic (exact) mass is 438 g/mol. The Morgan fingerprint density at radius 1 is 0.633 bits per heavy atom. The van der Waals surface area contributed by atoms with Crippen molar-refractivity contribution in [3.8, 4) is 11.5 Å². The van der Waals surface area contributed by atoms with E-state index < -0.39 is 0 Å². The van der Waals surface area contributed by atoms with Crippen LogP contribution in [0.1, 0.15) is 22.3 Å². The summed E-state index contributed by atoms with van der Waals surface area (Å²) in [6, 6.07) is 19.6. The van der Waals surface area contributed by atoms with Crippen LogP contribution in [0.15, 0.2) is 86.0 Å². The third-order valence-electron chi connectivity index (χ3n) is 4.61. The Kier molecular flexibility index (Phi) is 8.01. The predicted molar refractivity (Wildman–Crippen MR) is 126 cm³/mol. The molecule has 0 N–H and O–H groups in total. The Morgan fingerprint density at radius 3 is 1.40 bits per heavy atom. The number of allylic oxidation sites excluding steroid dienone is 2. The molecule has 0 fully saturated rings. The van der Waals surface area contributed by atoms with Crippen LogP contribution in [0.3, 0.4) is 0 Å². The van der Waals surface area contributed by atoms with Crippen LogP contribution in [0.5, 0.6) is 11.5 Å². The highest BCUT2D eigenvalue weighted by atomic mass is 35.5. The van der Waals surface area contributed by atoms with Gasteiger partial charge < -0.3 is 9.47 Å². The molecule has 0 aliphatic rings. The van der Waals surface area contributed by atoms with E-state index in [0.717, 1.165) is 22.3 Å². The van der Waals surface area contributed by atoms with Gasteiger partial charge in [0.25, 0.3) is 0 Å². The van der Waals surface area contributed by atoms with Crippen molar-refractivity contribution < 1.29 is 9.47 Å². The van der Waals surface area contributed by atoms with Gasteiger partial charge in [-0.2, -0.15) is 0 Å². The summed E-state index contributed by atoms with van der Waals surface area (Å²) in [5, 5.41) is 1.21. The number of hydrogen-bond donors (Lipinski definition) is 0. The first-order valence-electron chi connectivity index (χ1n) is 9.72. The molecule has 0 spiro atoms. The van der Waals surface area contributed by atoms with Gasteiger partial charge in [0.2, 0.25) is 0 Å². The fourth-order valence-electron chi connectivity index (χ4n) is 3.11. The Hall–Kier alpha value is -2.68. The largest absolute Gasteiger partial charge is 0.487 e. The molecule has 0 saturated heterocycles. The number of para-hydroxylation sites is 2. The number of ether oxygens (including phenoxy) is 2. The lowest BCUT2D eigenvalue weighted by Gasteiger charge is -2.14. The van der Waals surface area contributed by atoms with Gasteiger partial charge in [0, 0.05) is 0 Å². The van der Waals surface area contributed by atoms with Gasteiger partial charge in [-0.25, -0.2) is 0 Å². The summed E-state index contributed by atoms with van der Waals surface area (Å²) in [6.45, 7) is 8.45. The van der Waals surface area contributed by atoms with E-state index in [1.165, 1.54) is 0 Å². The lowest BCUT2D eigenvalue weighted by atomic mass is 10.1. The third-order valence-corrected chi connectivity index (χ3v) is 5.21. The standard InChI is InChI=1S/C26H24Cl2O2/c1-3-7-21-9-5-11-23(27)25(21)29-17-19-13-15-20(16-14-19)18-30-26-22(8-4-2)10-6-12-24(26)28/h3-6,9-16H,1-2,7-8,17-18H2. The van der Waals surface area contributed by atoms with Crippen molar-refractivity contribution in [1.82, 2.24) is 0 Å². The van der Waals surface area contributed by atoms with E-state index in [0.29, 0.717) is 47.6 Å². The normalized spacial score (nSPS) is 10.5. The first-order chi connectivity index (χ1) is 14.6. The quantitative estimate of drug-likeness (QED) is 0.303. The van der Waals surface area contributed by atoms with Gasteiger partial charge in [-0.05, 0) is 47.2 Å². The maximum Gasteiger partial charge on any atom is 0.141 e. The van der Waals surface area contributed by atoms with Crippen molar-refractivity contribution >= 4 is 23.2 Å². The molecular formula is C26H24Cl2O2. The van der Waals surface area contributed by atoms with E-state index in [1.54, 1.807) is 0 Å². The van der Waals surface area contributed by atoms with Gasteiger partial charge in [0.15, 0.2) is 0 Å². The molecule has 0 amide bonds. The van der Waals surface area contributed by atoms with Gasteiger partial charge in [-0.15, -0.1) is 13.2 Å². The molecule has 0 aliphatic heterocycles. The van der Waals surface area contributed by atoms with Gasteiger partial charge in [0.05, 0.1) is 10.0 Å². The summed E-state index contributed by atoms with van der Waals surface area (Å²) < 4.78 is 12.0. The lowest BCUT2D eigenvalue weighted by Crippen LogP contribution is -2.01. The minimum Gasteiger partial charge on any atom is -0.487 e. The van der Waals surface area contributed by atoms with Crippen LogP contribution in [-0.4, -0.2) is 0 Å². The van der Waals surface area contributed by atoms with Gasteiger partial charge in [-0.1, -0.05) is 83.9 Å². The average molecular weight is 439 g/mol. The minimum absolute atomic E-state index is 0.434. The molecule has 0 unspecified atom stereocenters. The van der Waals surface area contributed by atoms with E-state index >= 15 is 0 Å². The Balaban J connectivity index is 1.63.